The Morgan fingerprint density at radius 3 is 2.69 bits per heavy atom. The van der Waals surface area contributed by atoms with Crippen LogP contribution in [0.1, 0.15) is 28.5 Å². The van der Waals surface area contributed by atoms with Crippen LogP contribution in [0.25, 0.3) is 17.0 Å². The van der Waals surface area contributed by atoms with E-state index in [1.807, 2.05) is 6.92 Å². The smallest absolute Gasteiger partial charge is 0.273 e. The molecule has 2 aromatic heterocycles. The Labute approximate surface area is 148 Å². The molecular weight excluding hydrogens is 337 g/mol. The highest BCUT2D eigenvalue weighted by molar-refractivity contribution is 6.01. The van der Waals surface area contributed by atoms with Crippen molar-refractivity contribution >= 4 is 22.9 Å². The lowest BCUT2D eigenvalue weighted by atomic mass is 10.1. The molecule has 0 saturated carbocycles. The van der Waals surface area contributed by atoms with Gasteiger partial charge in [-0.25, -0.2) is 4.39 Å². The van der Waals surface area contributed by atoms with Gasteiger partial charge in [-0.2, -0.15) is 0 Å². The van der Waals surface area contributed by atoms with Gasteiger partial charge >= 0.3 is 0 Å². The van der Waals surface area contributed by atoms with Gasteiger partial charge in [0, 0.05) is 23.7 Å². The fraction of sp³-hybridized carbons (Fsp3) is 0.158. The van der Waals surface area contributed by atoms with E-state index in [2.05, 4.69) is 4.98 Å². The third kappa shape index (κ3) is 3.37. The van der Waals surface area contributed by atoms with Crippen molar-refractivity contribution in [3.63, 3.8) is 0 Å². The molecule has 6 nitrogen and oxygen atoms in total. The SMILES string of the molecule is CCO/C=C/c1c(C(N)=O)[nH]c(=O)c2c1ccn2Cc1ccc(F)cc1. The van der Waals surface area contributed by atoms with E-state index < -0.39 is 11.5 Å². The number of amides is 1. The summed E-state index contributed by atoms with van der Waals surface area (Å²) in [7, 11) is 0. The van der Waals surface area contributed by atoms with Crippen LogP contribution in [-0.2, 0) is 11.3 Å². The number of primary amides is 1. The van der Waals surface area contributed by atoms with Crippen molar-refractivity contribution < 1.29 is 13.9 Å². The Bertz CT molecular complexity index is 1030. The third-order valence-corrected chi connectivity index (χ3v) is 3.99. The van der Waals surface area contributed by atoms with E-state index in [-0.39, 0.29) is 11.5 Å². The van der Waals surface area contributed by atoms with Gasteiger partial charge in [-0.05, 0) is 36.8 Å². The molecule has 26 heavy (non-hydrogen) atoms. The summed E-state index contributed by atoms with van der Waals surface area (Å²) in [6.07, 6.45) is 4.80. The molecule has 0 aliphatic carbocycles. The number of hydrogen-bond acceptors (Lipinski definition) is 3. The Hall–Kier alpha value is -3.35. The minimum Gasteiger partial charge on any atom is -0.501 e. The predicted octanol–water partition coefficient (Wildman–Crippen LogP) is 2.62. The Kier molecular flexibility index (Phi) is 4.88. The molecule has 3 aromatic rings. The molecule has 0 unspecified atom stereocenters. The number of nitrogens with two attached hydrogens (primary N) is 1. The Morgan fingerprint density at radius 1 is 1.31 bits per heavy atom. The van der Waals surface area contributed by atoms with Crippen molar-refractivity contribution in [3.8, 4) is 0 Å². The second-order valence-corrected chi connectivity index (χ2v) is 5.70. The van der Waals surface area contributed by atoms with Gasteiger partial charge in [0.2, 0.25) is 0 Å². The van der Waals surface area contributed by atoms with Crippen LogP contribution in [0.2, 0.25) is 0 Å². The summed E-state index contributed by atoms with van der Waals surface area (Å²) in [5, 5.41) is 0.584. The van der Waals surface area contributed by atoms with E-state index >= 15 is 0 Å². The number of carbonyl (C=O) groups is 1. The van der Waals surface area contributed by atoms with Crippen LogP contribution in [0.4, 0.5) is 4.39 Å². The van der Waals surface area contributed by atoms with Crippen LogP contribution < -0.4 is 11.3 Å². The van der Waals surface area contributed by atoms with Crippen LogP contribution >= 0.6 is 0 Å². The molecule has 0 fully saturated rings. The van der Waals surface area contributed by atoms with Crippen molar-refractivity contribution in [1.29, 1.82) is 0 Å². The summed E-state index contributed by atoms with van der Waals surface area (Å²) < 4.78 is 20.0. The summed E-state index contributed by atoms with van der Waals surface area (Å²) in [4.78, 5) is 26.8. The lowest BCUT2D eigenvalue weighted by molar-refractivity contribution is 0.0995. The predicted molar refractivity (Wildman–Crippen MR) is 97.2 cm³/mol. The van der Waals surface area contributed by atoms with E-state index in [1.54, 1.807) is 35.0 Å². The van der Waals surface area contributed by atoms with Gasteiger partial charge in [0.25, 0.3) is 11.5 Å². The second-order valence-electron chi connectivity index (χ2n) is 5.70. The minimum absolute atomic E-state index is 0.0259. The number of rotatable bonds is 6. The number of hydrogen-bond donors (Lipinski definition) is 2. The number of fused-ring (bicyclic) bond motifs is 1. The van der Waals surface area contributed by atoms with Crippen molar-refractivity contribution in [1.82, 2.24) is 9.55 Å². The molecular formula is C19H18FN3O3. The summed E-state index contributed by atoms with van der Waals surface area (Å²) in [6.45, 7) is 2.69. The number of aromatic amines is 1. The number of ether oxygens (including phenoxy) is 1. The van der Waals surface area contributed by atoms with Crippen LogP contribution in [0.3, 0.4) is 0 Å². The molecule has 7 heteroatoms. The van der Waals surface area contributed by atoms with Gasteiger partial charge in [-0.1, -0.05) is 12.1 Å². The van der Waals surface area contributed by atoms with Crippen molar-refractivity contribution in [2.75, 3.05) is 6.61 Å². The lowest BCUT2D eigenvalue weighted by Crippen LogP contribution is -2.22. The maximum atomic E-state index is 13.1. The average Bonchev–Trinajstić information content (AvgIpc) is 3.03. The highest BCUT2D eigenvalue weighted by atomic mass is 19.1. The first kappa shape index (κ1) is 17.5. The van der Waals surface area contributed by atoms with Crippen LogP contribution in [0, 0.1) is 5.82 Å². The molecule has 1 amide bonds. The molecule has 0 saturated heterocycles. The van der Waals surface area contributed by atoms with Gasteiger partial charge in [0.15, 0.2) is 0 Å². The van der Waals surface area contributed by atoms with Gasteiger partial charge in [-0.3, -0.25) is 9.59 Å². The summed E-state index contributed by atoms with van der Waals surface area (Å²) in [5.41, 5.74) is 6.73. The van der Waals surface area contributed by atoms with Crippen LogP contribution in [0.5, 0.6) is 0 Å². The lowest BCUT2D eigenvalue weighted by Gasteiger charge is -2.08. The number of nitrogens with one attached hydrogen (secondary N) is 1. The summed E-state index contributed by atoms with van der Waals surface area (Å²) >= 11 is 0. The zero-order valence-corrected chi connectivity index (χ0v) is 14.2. The Balaban J connectivity index is 2.13. The molecule has 1 aromatic carbocycles. The van der Waals surface area contributed by atoms with Crippen molar-refractivity contribution in [3.05, 3.63) is 75.8 Å². The first-order valence-corrected chi connectivity index (χ1v) is 8.08. The average molecular weight is 355 g/mol. The number of carbonyl (C=O) groups excluding carboxylic acids is 1. The molecule has 0 aliphatic heterocycles. The largest absolute Gasteiger partial charge is 0.501 e. The van der Waals surface area contributed by atoms with Crippen molar-refractivity contribution in [2.24, 2.45) is 5.73 Å². The maximum absolute atomic E-state index is 13.1. The standard InChI is InChI=1S/C19H18FN3O3/c1-2-26-10-8-14-15-7-9-23(11-12-3-5-13(20)6-4-12)17(15)19(25)22-16(14)18(21)24/h3-10H,2,11H2,1H3,(H2,21,24)(H,22,25)/b10-8+. The van der Waals surface area contributed by atoms with Crippen LogP contribution in [0.15, 0.2) is 47.6 Å². The minimum atomic E-state index is -0.730. The molecule has 0 aliphatic rings. The quantitative estimate of drug-likeness (QED) is 0.666. The van der Waals surface area contributed by atoms with E-state index in [1.165, 1.54) is 18.4 Å². The number of pyridine rings is 1. The second kappa shape index (κ2) is 7.26. The molecule has 3 rings (SSSR count). The molecule has 3 N–H and O–H groups in total. The first-order valence-electron chi connectivity index (χ1n) is 8.08. The molecule has 0 atom stereocenters. The zero-order chi connectivity index (χ0) is 18.7. The van der Waals surface area contributed by atoms with Gasteiger partial charge in [0.05, 0.1) is 12.9 Å². The molecule has 0 bridgehead atoms. The fourth-order valence-corrected chi connectivity index (χ4v) is 2.82. The monoisotopic (exact) mass is 355 g/mol. The van der Waals surface area contributed by atoms with E-state index in [0.29, 0.717) is 29.6 Å². The zero-order valence-electron chi connectivity index (χ0n) is 14.2. The van der Waals surface area contributed by atoms with E-state index in [4.69, 9.17) is 10.5 Å². The molecule has 0 radical (unpaired) electrons. The van der Waals surface area contributed by atoms with E-state index in [0.717, 1.165) is 5.56 Å². The molecule has 0 spiro atoms. The highest BCUT2D eigenvalue weighted by Gasteiger charge is 2.16. The highest BCUT2D eigenvalue weighted by Crippen LogP contribution is 2.22. The topological polar surface area (TPSA) is 90.1 Å². The number of benzene rings is 1. The number of H-pyrrole nitrogens is 1. The van der Waals surface area contributed by atoms with Gasteiger partial charge in [-0.15, -0.1) is 0 Å². The number of aromatic nitrogens is 2. The van der Waals surface area contributed by atoms with E-state index in [9.17, 15) is 14.0 Å². The van der Waals surface area contributed by atoms with Gasteiger partial charge < -0.3 is 20.0 Å². The fourth-order valence-electron chi connectivity index (χ4n) is 2.82. The maximum Gasteiger partial charge on any atom is 0.273 e. The Morgan fingerprint density at radius 2 is 2.04 bits per heavy atom. The van der Waals surface area contributed by atoms with Crippen molar-refractivity contribution in [2.45, 2.75) is 13.5 Å². The summed E-state index contributed by atoms with van der Waals surface area (Å²) in [5.74, 6) is -1.05. The molecule has 134 valence electrons. The molecule has 2 heterocycles. The third-order valence-electron chi connectivity index (χ3n) is 3.99. The summed E-state index contributed by atoms with van der Waals surface area (Å²) in [6, 6.07) is 7.79. The number of halogens is 1. The first-order chi connectivity index (χ1) is 12.5. The van der Waals surface area contributed by atoms with Crippen LogP contribution in [-0.4, -0.2) is 22.1 Å². The number of nitrogens with zero attached hydrogens (tertiary/aromatic N) is 1. The normalized spacial score (nSPS) is 11.3. The van der Waals surface area contributed by atoms with Gasteiger partial charge in [0.1, 0.15) is 17.0 Å².